The zero-order valence-electron chi connectivity index (χ0n) is 9.51. The molecule has 5 atom stereocenters. The van der Waals surface area contributed by atoms with E-state index in [1.807, 2.05) is 0 Å². The fourth-order valence-electron chi connectivity index (χ4n) is 1.74. The molecule has 0 bridgehead atoms. The van der Waals surface area contributed by atoms with Crippen molar-refractivity contribution in [3.8, 4) is 5.75 Å². The smallest absolute Gasteiger partial charge is 0.229 e. The second-order valence-electron chi connectivity index (χ2n) is 4.04. The van der Waals surface area contributed by atoms with Gasteiger partial charge in [-0.2, -0.15) is 0 Å². The van der Waals surface area contributed by atoms with E-state index in [1.165, 1.54) is 0 Å². The highest BCUT2D eigenvalue weighted by atomic mass is 16.7. The molecule has 6 heteroatoms. The standard InChI is InChI=1S/C12H15O6/c13-6-8-9(14)10(15)11(16)12(18-8)17-7-4-2-1-3-5-7/h1-4,8-16H,6H2/t8-,9-,10+,11+,12?/m1/s1. The van der Waals surface area contributed by atoms with Crippen LogP contribution >= 0.6 is 0 Å². The number of aliphatic hydroxyl groups excluding tert-OH is 4. The predicted octanol–water partition coefficient (Wildman–Crippen LogP) is -1.33. The molecule has 0 aromatic heterocycles. The largest absolute Gasteiger partial charge is 0.461 e. The molecule has 0 spiro atoms. The van der Waals surface area contributed by atoms with Crippen molar-refractivity contribution in [2.24, 2.45) is 0 Å². The van der Waals surface area contributed by atoms with Crippen molar-refractivity contribution in [3.05, 3.63) is 30.3 Å². The van der Waals surface area contributed by atoms with E-state index in [1.54, 1.807) is 24.3 Å². The van der Waals surface area contributed by atoms with E-state index in [-0.39, 0.29) is 0 Å². The Morgan fingerprint density at radius 2 is 1.94 bits per heavy atom. The van der Waals surface area contributed by atoms with Gasteiger partial charge in [-0.05, 0) is 6.07 Å². The van der Waals surface area contributed by atoms with E-state index in [4.69, 9.17) is 14.6 Å². The third kappa shape index (κ3) is 2.63. The quantitative estimate of drug-likeness (QED) is 0.534. The van der Waals surface area contributed by atoms with Crippen molar-refractivity contribution < 1.29 is 29.9 Å². The highest BCUT2D eigenvalue weighted by molar-refractivity contribution is 5.19. The molecule has 0 amide bonds. The fourth-order valence-corrected chi connectivity index (χ4v) is 1.74. The molecule has 1 aromatic carbocycles. The molecule has 2 rings (SSSR count). The summed E-state index contributed by atoms with van der Waals surface area (Å²) in [7, 11) is 0. The Morgan fingerprint density at radius 1 is 1.17 bits per heavy atom. The van der Waals surface area contributed by atoms with Crippen LogP contribution in [0.1, 0.15) is 0 Å². The number of benzene rings is 1. The number of aliphatic hydroxyl groups is 4. The van der Waals surface area contributed by atoms with Gasteiger partial charge >= 0.3 is 0 Å². The minimum absolute atomic E-state index is 0.335. The van der Waals surface area contributed by atoms with Crippen LogP contribution in [0, 0.1) is 6.07 Å². The molecule has 1 radical (unpaired) electrons. The first-order valence-electron chi connectivity index (χ1n) is 5.57. The Bertz CT molecular complexity index is 368. The van der Waals surface area contributed by atoms with E-state index >= 15 is 0 Å². The molecule has 1 saturated heterocycles. The molecule has 1 aliphatic rings. The summed E-state index contributed by atoms with van der Waals surface area (Å²) in [6.45, 7) is -0.483. The van der Waals surface area contributed by atoms with Crippen molar-refractivity contribution in [1.29, 1.82) is 0 Å². The van der Waals surface area contributed by atoms with Crippen LogP contribution in [0.3, 0.4) is 0 Å². The average molecular weight is 255 g/mol. The summed E-state index contributed by atoms with van der Waals surface area (Å²) in [5.41, 5.74) is 0. The minimum atomic E-state index is -1.44. The lowest BCUT2D eigenvalue weighted by molar-refractivity contribution is -0.277. The lowest BCUT2D eigenvalue weighted by Gasteiger charge is -2.39. The lowest BCUT2D eigenvalue weighted by Crippen LogP contribution is -2.60. The Kier molecular flexibility index (Phi) is 4.15. The molecular formula is C12H15O6. The van der Waals surface area contributed by atoms with Gasteiger partial charge in [0, 0.05) is 6.07 Å². The molecule has 99 valence electrons. The van der Waals surface area contributed by atoms with Crippen molar-refractivity contribution in [2.75, 3.05) is 6.61 Å². The molecule has 1 aliphatic heterocycles. The van der Waals surface area contributed by atoms with Gasteiger partial charge in [-0.3, -0.25) is 0 Å². The molecule has 1 fully saturated rings. The van der Waals surface area contributed by atoms with Gasteiger partial charge in [0.05, 0.1) is 6.61 Å². The molecule has 18 heavy (non-hydrogen) atoms. The Hall–Kier alpha value is -1.18. The maximum absolute atomic E-state index is 9.73. The highest BCUT2D eigenvalue weighted by Gasteiger charge is 2.44. The topological polar surface area (TPSA) is 99.4 Å². The molecule has 6 nitrogen and oxygen atoms in total. The predicted molar refractivity (Wildman–Crippen MR) is 59.7 cm³/mol. The number of rotatable bonds is 3. The molecule has 1 unspecified atom stereocenters. The number of ether oxygens (including phenoxy) is 2. The van der Waals surface area contributed by atoms with Crippen LogP contribution in [0.2, 0.25) is 0 Å². The number of hydrogen-bond acceptors (Lipinski definition) is 6. The first-order valence-corrected chi connectivity index (χ1v) is 5.57. The van der Waals surface area contributed by atoms with Crippen molar-refractivity contribution in [2.45, 2.75) is 30.7 Å². The Morgan fingerprint density at radius 3 is 2.56 bits per heavy atom. The van der Waals surface area contributed by atoms with Crippen molar-refractivity contribution >= 4 is 0 Å². The van der Waals surface area contributed by atoms with E-state index < -0.39 is 37.3 Å². The second-order valence-corrected chi connectivity index (χ2v) is 4.04. The summed E-state index contributed by atoms with van der Waals surface area (Å²) in [4.78, 5) is 0. The summed E-state index contributed by atoms with van der Waals surface area (Å²) in [6, 6.07) is 9.48. The summed E-state index contributed by atoms with van der Waals surface area (Å²) in [6.07, 6.45) is -6.37. The molecule has 4 N–H and O–H groups in total. The molecule has 0 aliphatic carbocycles. The van der Waals surface area contributed by atoms with Crippen LogP contribution in [-0.2, 0) is 4.74 Å². The zero-order chi connectivity index (χ0) is 13.1. The van der Waals surface area contributed by atoms with Gasteiger partial charge in [0.2, 0.25) is 6.29 Å². The monoisotopic (exact) mass is 255 g/mol. The fraction of sp³-hybridized carbons (Fsp3) is 0.500. The summed E-state index contributed by atoms with van der Waals surface area (Å²) >= 11 is 0. The summed E-state index contributed by atoms with van der Waals surface area (Å²) < 4.78 is 10.5. The maximum Gasteiger partial charge on any atom is 0.229 e. The molecule has 1 aromatic rings. The van der Waals surface area contributed by atoms with Gasteiger partial charge in [-0.1, -0.05) is 18.2 Å². The van der Waals surface area contributed by atoms with Crippen LogP contribution < -0.4 is 4.74 Å². The Balaban J connectivity index is 2.08. The van der Waals surface area contributed by atoms with E-state index in [9.17, 15) is 15.3 Å². The zero-order valence-corrected chi connectivity index (χ0v) is 9.51. The third-order valence-electron chi connectivity index (χ3n) is 2.77. The van der Waals surface area contributed by atoms with Crippen LogP contribution in [0.5, 0.6) is 5.75 Å². The third-order valence-corrected chi connectivity index (χ3v) is 2.77. The normalized spacial score (nSPS) is 36.3. The first kappa shape index (κ1) is 13.3. The van der Waals surface area contributed by atoms with Crippen LogP contribution in [0.4, 0.5) is 0 Å². The van der Waals surface area contributed by atoms with E-state index in [0.717, 1.165) is 0 Å². The molecular weight excluding hydrogens is 240 g/mol. The van der Waals surface area contributed by atoms with Crippen LogP contribution in [-0.4, -0.2) is 57.7 Å². The lowest BCUT2D eigenvalue weighted by atomic mass is 9.99. The average Bonchev–Trinajstić information content (AvgIpc) is 2.40. The molecule has 0 saturated carbocycles. The molecule has 1 heterocycles. The van der Waals surface area contributed by atoms with E-state index in [2.05, 4.69) is 6.07 Å². The van der Waals surface area contributed by atoms with Gasteiger partial charge in [0.1, 0.15) is 30.2 Å². The van der Waals surface area contributed by atoms with Gasteiger partial charge in [-0.25, -0.2) is 0 Å². The van der Waals surface area contributed by atoms with Crippen LogP contribution in [0.15, 0.2) is 24.3 Å². The van der Waals surface area contributed by atoms with Crippen molar-refractivity contribution in [1.82, 2.24) is 0 Å². The van der Waals surface area contributed by atoms with Crippen molar-refractivity contribution in [3.63, 3.8) is 0 Å². The maximum atomic E-state index is 9.73. The SMILES string of the molecule is OC[C@H]1OC(Oc2[c]cccc2)[C@@H](O)[C@@H](O)[C@@H]1O. The van der Waals surface area contributed by atoms with Crippen LogP contribution in [0.25, 0.3) is 0 Å². The highest BCUT2D eigenvalue weighted by Crippen LogP contribution is 2.23. The number of para-hydroxylation sites is 1. The number of hydrogen-bond donors (Lipinski definition) is 4. The minimum Gasteiger partial charge on any atom is -0.461 e. The first-order chi connectivity index (χ1) is 8.63. The van der Waals surface area contributed by atoms with Gasteiger partial charge in [-0.15, -0.1) is 0 Å². The summed E-state index contributed by atoms with van der Waals surface area (Å²) in [5.74, 6) is 0.335. The summed E-state index contributed by atoms with van der Waals surface area (Å²) in [5, 5.41) is 37.9. The van der Waals surface area contributed by atoms with E-state index in [0.29, 0.717) is 5.75 Å². The Labute approximate surface area is 104 Å². The van der Waals surface area contributed by atoms with Gasteiger partial charge < -0.3 is 29.9 Å². The van der Waals surface area contributed by atoms with Gasteiger partial charge in [0.25, 0.3) is 0 Å². The van der Waals surface area contributed by atoms with Gasteiger partial charge in [0.15, 0.2) is 0 Å². The second kappa shape index (κ2) is 5.64.